The molecule has 0 aliphatic carbocycles. The van der Waals surface area contributed by atoms with Gasteiger partial charge < -0.3 is 5.32 Å². The molecular formula is C14H17F3N2S. The van der Waals surface area contributed by atoms with Gasteiger partial charge in [0, 0.05) is 18.7 Å². The SMILES string of the molecule is CC(NCCCCC(F)(F)F)c1cnc2ccsc2c1. The Morgan fingerprint density at radius 1 is 1.35 bits per heavy atom. The van der Waals surface area contributed by atoms with Crippen LogP contribution >= 0.6 is 11.3 Å². The minimum atomic E-state index is -4.04. The minimum Gasteiger partial charge on any atom is -0.310 e. The molecule has 0 aromatic carbocycles. The van der Waals surface area contributed by atoms with Crippen LogP contribution in [0.2, 0.25) is 0 Å². The van der Waals surface area contributed by atoms with E-state index in [1.807, 2.05) is 24.6 Å². The summed E-state index contributed by atoms with van der Waals surface area (Å²) in [6, 6.07) is 4.15. The average molecular weight is 302 g/mol. The number of nitrogens with one attached hydrogen (secondary N) is 1. The van der Waals surface area contributed by atoms with Gasteiger partial charge in [0.15, 0.2) is 0 Å². The third-order valence-electron chi connectivity index (χ3n) is 3.16. The Morgan fingerprint density at radius 3 is 2.90 bits per heavy atom. The summed E-state index contributed by atoms with van der Waals surface area (Å²) in [5, 5.41) is 5.24. The van der Waals surface area contributed by atoms with Gasteiger partial charge in [-0.05, 0) is 49.4 Å². The average Bonchev–Trinajstić information content (AvgIpc) is 2.83. The van der Waals surface area contributed by atoms with Crippen LogP contribution in [0.3, 0.4) is 0 Å². The summed E-state index contributed by atoms with van der Waals surface area (Å²) in [6.07, 6.45) is -2.22. The van der Waals surface area contributed by atoms with E-state index in [2.05, 4.69) is 16.4 Å². The highest BCUT2D eigenvalue weighted by atomic mass is 32.1. The molecular weight excluding hydrogens is 285 g/mol. The van der Waals surface area contributed by atoms with Crippen LogP contribution in [0.1, 0.15) is 37.8 Å². The maximum Gasteiger partial charge on any atom is 0.389 e. The number of hydrogen-bond donors (Lipinski definition) is 1. The van der Waals surface area contributed by atoms with Crippen molar-refractivity contribution in [2.75, 3.05) is 6.54 Å². The lowest BCUT2D eigenvalue weighted by molar-refractivity contribution is -0.135. The van der Waals surface area contributed by atoms with Crippen molar-refractivity contribution in [1.82, 2.24) is 10.3 Å². The second kappa shape index (κ2) is 6.54. The molecule has 0 bridgehead atoms. The molecule has 0 spiro atoms. The van der Waals surface area contributed by atoms with Crippen LogP contribution in [0.25, 0.3) is 10.2 Å². The van der Waals surface area contributed by atoms with E-state index in [1.54, 1.807) is 11.3 Å². The maximum atomic E-state index is 12.0. The van der Waals surface area contributed by atoms with Crippen LogP contribution in [0.5, 0.6) is 0 Å². The van der Waals surface area contributed by atoms with Crippen molar-refractivity contribution in [2.45, 2.75) is 38.4 Å². The van der Waals surface area contributed by atoms with Crippen molar-refractivity contribution in [3.63, 3.8) is 0 Å². The molecule has 0 amide bonds. The summed E-state index contributed by atoms with van der Waals surface area (Å²) in [7, 11) is 0. The molecule has 0 saturated carbocycles. The summed E-state index contributed by atoms with van der Waals surface area (Å²) in [5.74, 6) is 0. The topological polar surface area (TPSA) is 24.9 Å². The molecule has 2 rings (SSSR count). The highest BCUT2D eigenvalue weighted by molar-refractivity contribution is 7.17. The molecule has 0 aliphatic heterocycles. The van der Waals surface area contributed by atoms with Crippen molar-refractivity contribution in [3.8, 4) is 0 Å². The third kappa shape index (κ3) is 4.45. The normalized spacial score (nSPS) is 13.8. The van der Waals surface area contributed by atoms with Crippen LogP contribution in [0.4, 0.5) is 13.2 Å². The number of unbranched alkanes of at least 4 members (excludes halogenated alkanes) is 1. The van der Waals surface area contributed by atoms with Gasteiger partial charge in [-0.3, -0.25) is 4.98 Å². The van der Waals surface area contributed by atoms with Gasteiger partial charge in [-0.25, -0.2) is 0 Å². The number of halogens is 3. The molecule has 0 radical (unpaired) electrons. The smallest absolute Gasteiger partial charge is 0.310 e. The predicted molar refractivity (Wildman–Crippen MR) is 75.9 cm³/mol. The molecule has 2 aromatic rings. The fraction of sp³-hybridized carbons (Fsp3) is 0.500. The first-order valence-electron chi connectivity index (χ1n) is 6.59. The zero-order valence-corrected chi connectivity index (χ0v) is 12.0. The number of rotatable bonds is 6. The maximum absolute atomic E-state index is 12.0. The van der Waals surface area contributed by atoms with Gasteiger partial charge in [-0.15, -0.1) is 11.3 Å². The highest BCUT2D eigenvalue weighted by Gasteiger charge is 2.25. The van der Waals surface area contributed by atoms with Crippen LogP contribution < -0.4 is 5.32 Å². The Morgan fingerprint density at radius 2 is 2.15 bits per heavy atom. The molecule has 0 saturated heterocycles. The summed E-state index contributed by atoms with van der Waals surface area (Å²) < 4.78 is 37.1. The summed E-state index contributed by atoms with van der Waals surface area (Å²) in [6.45, 7) is 2.58. The molecule has 2 heterocycles. The van der Waals surface area contributed by atoms with Gasteiger partial charge >= 0.3 is 6.18 Å². The molecule has 2 nitrogen and oxygen atoms in total. The van der Waals surface area contributed by atoms with Gasteiger partial charge in [-0.2, -0.15) is 13.2 Å². The number of fused-ring (bicyclic) bond motifs is 1. The first-order valence-corrected chi connectivity index (χ1v) is 7.47. The van der Waals surface area contributed by atoms with Crippen molar-refractivity contribution < 1.29 is 13.2 Å². The summed E-state index contributed by atoms with van der Waals surface area (Å²) >= 11 is 1.64. The number of aromatic nitrogens is 1. The fourth-order valence-electron chi connectivity index (χ4n) is 1.99. The predicted octanol–water partition coefficient (Wildman–Crippen LogP) is 4.68. The summed E-state index contributed by atoms with van der Waals surface area (Å²) in [4.78, 5) is 4.36. The molecule has 6 heteroatoms. The number of thiophene rings is 1. The molecule has 110 valence electrons. The molecule has 20 heavy (non-hydrogen) atoms. The lowest BCUT2D eigenvalue weighted by Gasteiger charge is -2.14. The Hall–Kier alpha value is -1.14. The fourth-order valence-corrected chi connectivity index (χ4v) is 2.77. The van der Waals surface area contributed by atoms with E-state index < -0.39 is 12.6 Å². The zero-order chi connectivity index (χ0) is 14.6. The Bertz CT molecular complexity index is 551. The number of alkyl halides is 3. The molecule has 1 atom stereocenters. The van der Waals surface area contributed by atoms with Crippen molar-refractivity contribution >= 4 is 21.6 Å². The van der Waals surface area contributed by atoms with E-state index in [9.17, 15) is 13.2 Å². The molecule has 1 N–H and O–H groups in total. The first kappa shape index (κ1) is 15.3. The molecule has 2 aromatic heterocycles. The van der Waals surface area contributed by atoms with E-state index in [1.165, 1.54) is 0 Å². The highest BCUT2D eigenvalue weighted by Crippen LogP contribution is 2.23. The Kier molecular flexibility index (Phi) is 4.99. The van der Waals surface area contributed by atoms with Gasteiger partial charge in [-0.1, -0.05) is 0 Å². The Balaban J connectivity index is 1.78. The lowest BCUT2D eigenvalue weighted by atomic mass is 10.1. The number of pyridine rings is 1. The van der Waals surface area contributed by atoms with Crippen LogP contribution in [0, 0.1) is 0 Å². The molecule has 1 unspecified atom stereocenters. The van der Waals surface area contributed by atoms with E-state index in [-0.39, 0.29) is 12.5 Å². The van der Waals surface area contributed by atoms with Crippen LogP contribution in [-0.2, 0) is 0 Å². The monoisotopic (exact) mass is 302 g/mol. The quantitative estimate of drug-likeness (QED) is 0.784. The van der Waals surface area contributed by atoms with Gasteiger partial charge in [0.05, 0.1) is 10.2 Å². The standard InChI is InChI=1S/C14H17F3N2S/c1-10(18-6-3-2-5-14(15,16)17)11-8-13-12(19-9-11)4-7-20-13/h4,7-10,18H,2-3,5-6H2,1H3. The van der Waals surface area contributed by atoms with E-state index in [0.717, 1.165) is 15.8 Å². The number of hydrogen-bond acceptors (Lipinski definition) is 3. The van der Waals surface area contributed by atoms with Crippen LogP contribution in [0.15, 0.2) is 23.7 Å². The van der Waals surface area contributed by atoms with Crippen molar-refractivity contribution in [2.24, 2.45) is 0 Å². The van der Waals surface area contributed by atoms with Crippen molar-refractivity contribution in [1.29, 1.82) is 0 Å². The molecule has 0 aliphatic rings. The second-order valence-corrected chi connectivity index (χ2v) is 5.77. The van der Waals surface area contributed by atoms with Crippen LogP contribution in [-0.4, -0.2) is 17.7 Å². The van der Waals surface area contributed by atoms with Gasteiger partial charge in [0.2, 0.25) is 0 Å². The number of nitrogens with zero attached hydrogens (tertiary/aromatic N) is 1. The van der Waals surface area contributed by atoms with Gasteiger partial charge in [0.25, 0.3) is 0 Å². The van der Waals surface area contributed by atoms with Crippen molar-refractivity contribution in [3.05, 3.63) is 29.3 Å². The lowest BCUT2D eigenvalue weighted by Crippen LogP contribution is -2.20. The van der Waals surface area contributed by atoms with E-state index in [4.69, 9.17) is 0 Å². The first-order chi connectivity index (χ1) is 9.46. The minimum absolute atomic E-state index is 0.0971. The second-order valence-electron chi connectivity index (χ2n) is 4.82. The third-order valence-corrected chi connectivity index (χ3v) is 4.01. The van der Waals surface area contributed by atoms with Gasteiger partial charge in [0.1, 0.15) is 0 Å². The van der Waals surface area contributed by atoms with E-state index >= 15 is 0 Å². The van der Waals surface area contributed by atoms with E-state index in [0.29, 0.717) is 13.0 Å². The largest absolute Gasteiger partial charge is 0.389 e. The summed E-state index contributed by atoms with van der Waals surface area (Å²) in [5.41, 5.74) is 2.05. The molecule has 0 fully saturated rings. The zero-order valence-electron chi connectivity index (χ0n) is 11.2. The Labute approximate surface area is 120 Å².